The molecule has 0 aromatic carbocycles. The van der Waals surface area contributed by atoms with Crippen molar-refractivity contribution >= 4 is 5.97 Å². The maximum Gasteiger partial charge on any atom is 0.126 e. The zero-order valence-electron chi connectivity index (χ0n) is 7.16. The summed E-state index contributed by atoms with van der Waals surface area (Å²) in [7, 11) is 0. The fourth-order valence-corrected chi connectivity index (χ4v) is 2.66. The molecule has 2 aliphatic rings. The van der Waals surface area contributed by atoms with Crippen LogP contribution in [-0.4, -0.2) is 18.1 Å². The Kier molecular flexibility index (Phi) is 2.05. The lowest BCUT2D eigenvalue weighted by molar-refractivity contribution is -0.728. The highest BCUT2D eigenvalue weighted by Gasteiger charge is 2.34. The second kappa shape index (κ2) is 3.05. The number of carbonyl (C=O) groups excluding carboxylic acids is 1. The Morgan fingerprint density at radius 2 is 2.17 bits per heavy atom. The van der Waals surface area contributed by atoms with Crippen molar-refractivity contribution in [3.8, 4) is 0 Å². The van der Waals surface area contributed by atoms with Gasteiger partial charge < -0.3 is 15.2 Å². The lowest BCUT2D eigenvalue weighted by Crippen LogP contribution is -2.99. The second-order valence-corrected chi connectivity index (χ2v) is 4.15. The molecule has 1 saturated carbocycles. The van der Waals surface area contributed by atoms with E-state index in [2.05, 4.69) is 0 Å². The largest absolute Gasteiger partial charge is 0.544 e. The van der Waals surface area contributed by atoms with Gasteiger partial charge in [0.2, 0.25) is 0 Å². The Balaban J connectivity index is 2.00. The monoisotopic (exact) mass is 169 g/mol. The number of rotatable bonds is 1. The quantitative estimate of drug-likeness (QED) is 0.526. The molecule has 3 atom stereocenters. The number of carboxylic acids is 1. The van der Waals surface area contributed by atoms with Crippen LogP contribution in [0.5, 0.6) is 0 Å². The van der Waals surface area contributed by atoms with Gasteiger partial charge in [-0.25, -0.2) is 0 Å². The highest BCUT2D eigenvalue weighted by molar-refractivity contribution is 5.69. The van der Waals surface area contributed by atoms with Crippen molar-refractivity contribution in [2.24, 2.45) is 5.92 Å². The van der Waals surface area contributed by atoms with Crippen LogP contribution in [0, 0.1) is 5.92 Å². The van der Waals surface area contributed by atoms with Gasteiger partial charge in [-0.3, -0.25) is 0 Å². The molecule has 0 aromatic heterocycles. The van der Waals surface area contributed by atoms with Crippen LogP contribution < -0.4 is 10.4 Å². The third-order valence-corrected chi connectivity index (χ3v) is 3.22. The zero-order valence-corrected chi connectivity index (χ0v) is 7.16. The Bertz CT molecular complexity index is 181. The Morgan fingerprint density at radius 3 is 2.83 bits per heavy atom. The highest BCUT2D eigenvalue weighted by atomic mass is 16.4. The molecule has 0 radical (unpaired) electrons. The van der Waals surface area contributed by atoms with Crippen LogP contribution >= 0.6 is 0 Å². The fraction of sp³-hybridized carbons (Fsp3) is 0.889. The third-order valence-electron chi connectivity index (χ3n) is 3.22. The van der Waals surface area contributed by atoms with E-state index in [9.17, 15) is 9.90 Å². The van der Waals surface area contributed by atoms with E-state index in [1.54, 1.807) is 0 Å². The van der Waals surface area contributed by atoms with E-state index in [-0.39, 0.29) is 6.04 Å². The van der Waals surface area contributed by atoms with Gasteiger partial charge in [0.25, 0.3) is 0 Å². The number of aliphatic carboxylic acids is 1. The summed E-state index contributed by atoms with van der Waals surface area (Å²) < 4.78 is 0. The smallest absolute Gasteiger partial charge is 0.126 e. The van der Waals surface area contributed by atoms with E-state index in [0.717, 1.165) is 6.42 Å². The lowest BCUT2D eigenvalue weighted by atomic mass is 9.78. The molecule has 0 spiro atoms. The summed E-state index contributed by atoms with van der Waals surface area (Å²) in [6, 6.07) is 0.314. The van der Waals surface area contributed by atoms with Gasteiger partial charge in [0.05, 0.1) is 12.0 Å². The molecule has 1 aliphatic heterocycles. The number of nitrogens with two attached hydrogens (primary N) is 1. The van der Waals surface area contributed by atoms with Crippen molar-refractivity contribution in [3.05, 3.63) is 0 Å². The van der Waals surface area contributed by atoms with Crippen molar-refractivity contribution < 1.29 is 15.2 Å². The standard InChI is InChI=1S/C9H15NO2/c11-9(12)8-5-6-2-1-3-7(4-6)10-8/h6-8,10H,1-5H2,(H,11,12). The van der Waals surface area contributed by atoms with Crippen LogP contribution in [0.1, 0.15) is 32.1 Å². The van der Waals surface area contributed by atoms with Gasteiger partial charge in [0.1, 0.15) is 6.04 Å². The molecule has 3 nitrogen and oxygen atoms in total. The van der Waals surface area contributed by atoms with Crippen LogP contribution in [0.2, 0.25) is 0 Å². The number of hydrogen-bond acceptors (Lipinski definition) is 2. The Labute approximate surface area is 72.2 Å². The molecule has 68 valence electrons. The average molecular weight is 169 g/mol. The SMILES string of the molecule is O=C([O-])C1CC2CCCC(C2)[NH2+]1. The van der Waals surface area contributed by atoms with E-state index in [1.807, 2.05) is 5.32 Å². The summed E-state index contributed by atoms with van der Waals surface area (Å²) in [6.07, 6.45) is 5.77. The summed E-state index contributed by atoms with van der Waals surface area (Å²) >= 11 is 0. The van der Waals surface area contributed by atoms with Crippen molar-refractivity contribution in [2.45, 2.75) is 44.2 Å². The molecule has 3 heteroatoms. The summed E-state index contributed by atoms with van der Waals surface area (Å²) in [5.74, 6) is -0.205. The fourth-order valence-electron chi connectivity index (χ4n) is 2.66. The molecular weight excluding hydrogens is 154 g/mol. The van der Waals surface area contributed by atoms with E-state index in [1.165, 1.54) is 25.7 Å². The predicted octanol–water partition coefficient (Wildman–Crippen LogP) is -1.37. The first kappa shape index (κ1) is 8.05. The molecule has 2 rings (SSSR count). The first-order valence-corrected chi connectivity index (χ1v) is 4.81. The van der Waals surface area contributed by atoms with E-state index in [0.29, 0.717) is 12.0 Å². The molecule has 0 aromatic rings. The van der Waals surface area contributed by atoms with Crippen molar-refractivity contribution in [2.75, 3.05) is 0 Å². The minimum Gasteiger partial charge on any atom is -0.544 e. The normalized spacial score (nSPS) is 40.8. The molecular formula is C9H15NO2. The van der Waals surface area contributed by atoms with Crippen LogP contribution in [0.4, 0.5) is 0 Å². The van der Waals surface area contributed by atoms with E-state index < -0.39 is 5.97 Å². The van der Waals surface area contributed by atoms with E-state index >= 15 is 0 Å². The molecule has 2 fully saturated rings. The molecule has 3 unspecified atom stereocenters. The number of piperidine rings is 1. The summed E-state index contributed by atoms with van der Waals surface area (Å²) in [4.78, 5) is 10.6. The van der Waals surface area contributed by atoms with Gasteiger partial charge in [-0.2, -0.15) is 0 Å². The van der Waals surface area contributed by atoms with Crippen molar-refractivity contribution in [3.63, 3.8) is 0 Å². The topological polar surface area (TPSA) is 56.7 Å². The second-order valence-electron chi connectivity index (χ2n) is 4.15. The Hall–Kier alpha value is -0.570. The van der Waals surface area contributed by atoms with Crippen LogP contribution in [0.15, 0.2) is 0 Å². The molecule has 0 amide bonds. The molecule has 1 aliphatic carbocycles. The summed E-state index contributed by atoms with van der Waals surface area (Å²) in [6.45, 7) is 0. The highest BCUT2D eigenvalue weighted by Crippen LogP contribution is 2.28. The first-order chi connectivity index (χ1) is 5.75. The number of fused-ring (bicyclic) bond motifs is 2. The number of hydrogen-bond donors (Lipinski definition) is 1. The lowest BCUT2D eigenvalue weighted by Gasteiger charge is -2.37. The van der Waals surface area contributed by atoms with Gasteiger partial charge in [-0.15, -0.1) is 0 Å². The summed E-state index contributed by atoms with van der Waals surface area (Å²) in [5.41, 5.74) is 0. The maximum absolute atomic E-state index is 10.6. The van der Waals surface area contributed by atoms with Gasteiger partial charge in [-0.05, 0) is 25.2 Å². The minimum absolute atomic E-state index is 0.256. The predicted molar refractivity (Wildman–Crippen MR) is 41.1 cm³/mol. The Morgan fingerprint density at radius 1 is 1.33 bits per heavy atom. The van der Waals surface area contributed by atoms with Gasteiger partial charge in [0, 0.05) is 12.8 Å². The van der Waals surface area contributed by atoms with Crippen LogP contribution in [0.25, 0.3) is 0 Å². The molecule has 1 heterocycles. The van der Waals surface area contributed by atoms with Gasteiger partial charge in [-0.1, -0.05) is 0 Å². The molecule has 1 saturated heterocycles. The summed E-state index contributed by atoms with van der Waals surface area (Å²) in [5, 5.41) is 12.6. The van der Waals surface area contributed by atoms with E-state index in [4.69, 9.17) is 0 Å². The number of quaternary nitrogens is 1. The number of carbonyl (C=O) groups is 1. The molecule has 2 bridgehead atoms. The molecule has 12 heavy (non-hydrogen) atoms. The third kappa shape index (κ3) is 1.46. The molecule has 2 N–H and O–H groups in total. The van der Waals surface area contributed by atoms with Crippen molar-refractivity contribution in [1.29, 1.82) is 0 Å². The maximum atomic E-state index is 10.6. The van der Waals surface area contributed by atoms with Crippen LogP contribution in [-0.2, 0) is 4.79 Å². The van der Waals surface area contributed by atoms with Crippen LogP contribution in [0.3, 0.4) is 0 Å². The van der Waals surface area contributed by atoms with Gasteiger partial charge >= 0.3 is 0 Å². The average Bonchev–Trinajstić information content (AvgIpc) is 2.03. The zero-order chi connectivity index (χ0) is 8.55. The minimum atomic E-state index is -0.869. The first-order valence-electron chi connectivity index (χ1n) is 4.81. The van der Waals surface area contributed by atoms with Crippen molar-refractivity contribution in [1.82, 2.24) is 0 Å². The number of carboxylic acid groups (broad SMARTS) is 1. The van der Waals surface area contributed by atoms with Gasteiger partial charge in [0.15, 0.2) is 0 Å².